The van der Waals surface area contributed by atoms with E-state index in [9.17, 15) is 0 Å². The molecule has 160 valence electrons. The summed E-state index contributed by atoms with van der Waals surface area (Å²) in [6.07, 6.45) is 1.47. The van der Waals surface area contributed by atoms with Crippen molar-refractivity contribution in [2.45, 2.75) is 0 Å². The maximum atomic E-state index is 4.64. The first-order valence-electron chi connectivity index (χ1n) is 10.7. The Morgan fingerprint density at radius 1 is 0.455 bits per heavy atom. The van der Waals surface area contributed by atoms with Gasteiger partial charge in [0.15, 0.2) is 0 Å². The normalized spacial score (nSPS) is 9.88. The zero-order chi connectivity index (χ0) is 22.2. The average Bonchev–Trinajstić information content (AvgIpc) is 3.51. The number of hydrogen-bond donors (Lipinski definition) is 0. The summed E-state index contributed by atoms with van der Waals surface area (Å²) in [4.78, 5) is 0. The molecule has 0 radical (unpaired) electrons. The van der Waals surface area contributed by atoms with Crippen molar-refractivity contribution >= 4 is 33.1 Å². The van der Waals surface area contributed by atoms with E-state index in [4.69, 9.17) is 0 Å². The molecule has 0 fully saturated rings. The molecule has 0 saturated carbocycles. The van der Waals surface area contributed by atoms with Crippen molar-refractivity contribution in [2.75, 3.05) is 6.38 Å². The molecule has 0 amide bonds. The summed E-state index contributed by atoms with van der Waals surface area (Å²) in [6.45, 7) is 0. The number of benzene rings is 4. The number of fused-ring (bicyclic) bond motifs is 2. The van der Waals surface area contributed by atoms with Gasteiger partial charge < -0.3 is 0 Å². The molecule has 0 aliphatic rings. The molecule has 0 saturated heterocycles. The van der Waals surface area contributed by atoms with Crippen LogP contribution in [0.15, 0.2) is 133 Å². The Kier molecular flexibility index (Phi) is 9.43. The molecule has 6 aromatic carbocycles. The summed E-state index contributed by atoms with van der Waals surface area (Å²) in [5.41, 5.74) is 5.18. The van der Waals surface area contributed by atoms with Gasteiger partial charge >= 0.3 is 26.2 Å². The van der Waals surface area contributed by atoms with Crippen LogP contribution in [-0.4, -0.2) is 6.38 Å². The van der Waals surface area contributed by atoms with Gasteiger partial charge in [-0.1, -0.05) is 108 Å². The van der Waals surface area contributed by atoms with E-state index < -0.39 is 0 Å². The average molecular weight is 524 g/mol. The van der Waals surface area contributed by atoms with E-state index in [1.165, 1.54) is 50.2 Å². The fraction of sp³-hybridized carbons (Fsp3) is 0.0323. The quantitative estimate of drug-likeness (QED) is 0.157. The second-order valence-electron chi connectivity index (χ2n) is 7.48. The second-order valence-corrected chi connectivity index (χ2v) is 7.48. The van der Waals surface area contributed by atoms with Crippen LogP contribution in [0.4, 0.5) is 0 Å². The minimum Gasteiger partial charge on any atom is -0.145 e. The van der Waals surface area contributed by atoms with E-state index in [1.54, 1.807) is 0 Å². The molecular weight excluding hydrogens is 499 g/mol. The fourth-order valence-electron chi connectivity index (χ4n) is 3.90. The Labute approximate surface area is 220 Å². The molecular formula is C31H25ClZr. The van der Waals surface area contributed by atoms with E-state index >= 15 is 0 Å². The maximum Gasteiger partial charge on any atom is 2.00 e. The molecule has 0 aliphatic carbocycles. The first-order valence-corrected chi connectivity index (χ1v) is 11.4. The molecule has 33 heavy (non-hydrogen) atoms. The number of hydrogen-bond acceptors (Lipinski definition) is 0. The topological polar surface area (TPSA) is 0 Å². The molecule has 0 unspecified atom stereocenters. The van der Waals surface area contributed by atoms with Gasteiger partial charge in [0.25, 0.3) is 0 Å². The summed E-state index contributed by atoms with van der Waals surface area (Å²) < 4.78 is 0. The second kappa shape index (κ2) is 12.5. The SMILES string of the molecule is CCl.[Zr+2].c1ccc(-c2cc3ccccc3[cH-]2)cc1.c1ccc(-c2cc3ccccc3[cH-]2)cc1. The number of halogens is 1. The van der Waals surface area contributed by atoms with Crippen LogP contribution in [0.3, 0.4) is 0 Å². The molecule has 0 spiro atoms. The van der Waals surface area contributed by atoms with Crippen LogP contribution in [0.5, 0.6) is 0 Å². The number of alkyl halides is 1. The van der Waals surface area contributed by atoms with Crippen molar-refractivity contribution in [3.63, 3.8) is 0 Å². The van der Waals surface area contributed by atoms with E-state index in [-0.39, 0.29) is 26.2 Å². The van der Waals surface area contributed by atoms with E-state index in [0.29, 0.717) is 0 Å². The van der Waals surface area contributed by atoms with Crippen LogP contribution in [-0.2, 0) is 26.2 Å². The molecule has 0 aliphatic heterocycles. The van der Waals surface area contributed by atoms with Crippen LogP contribution in [0, 0.1) is 0 Å². The predicted molar refractivity (Wildman–Crippen MR) is 142 cm³/mol. The van der Waals surface area contributed by atoms with Gasteiger partial charge in [-0.05, 0) is 0 Å². The van der Waals surface area contributed by atoms with Gasteiger partial charge in [0.05, 0.1) is 0 Å². The molecule has 0 nitrogen and oxygen atoms in total. The molecule has 0 bridgehead atoms. The third kappa shape index (κ3) is 6.20. The minimum absolute atomic E-state index is 0. The zero-order valence-corrected chi connectivity index (χ0v) is 21.8. The van der Waals surface area contributed by atoms with Gasteiger partial charge in [-0.15, -0.1) is 80.7 Å². The molecule has 0 atom stereocenters. The summed E-state index contributed by atoms with van der Waals surface area (Å²) in [5, 5.41) is 5.26. The van der Waals surface area contributed by atoms with Gasteiger partial charge in [0.1, 0.15) is 0 Å². The predicted octanol–water partition coefficient (Wildman–Crippen LogP) is 9.30. The van der Waals surface area contributed by atoms with Crippen LogP contribution in [0.1, 0.15) is 0 Å². The van der Waals surface area contributed by atoms with Gasteiger partial charge in [-0.25, -0.2) is 0 Å². The van der Waals surface area contributed by atoms with Crippen molar-refractivity contribution in [2.24, 2.45) is 0 Å². The molecule has 0 aromatic heterocycles. The first-order chi connectivity index (χ1) is 15.9. The van der Waals surface area contributed by atoms with Gasteiger partial charge in [0.2, 0.25) is 0 Å². The fourth-order valence-corrected chi connectivity index (χ4v) is 3.90. The Balaban J connectivity index is 0.000000168. The summed E-state index contributed by atoms with van der Waals surface area (Å²) >= 11 is 4.64. The van der Waals surface area contributed by atoms with Crippen LogP contribution in [0.25, 0.3) is 43.8 Å². The molecule has 0 N–H and O–H groups in total. The smallest absolute Gasteiger partial charge is 0.145 e. The minimum atomic E-state index is 0. The zero-order valence-electron chi connectivity index (χ0n) is 18.6. The van der Waals surface area contributed by atoms with Gasteiger partial charge in [-0.2, -0.15) is 0 Å². The molecule has 0 heterocycles. The van der Waals surface area contributed by atoms with Crippen molar-refractivity contribution in [3.05, 3.63) is 133 Å². The molecule has 2 heteroatoms. The summed E-state index contributed by atoms with van der Waals surface area (Å²) in [7, 11) is 0. The van der Waals surface area contributed by atoms with E-state index in [2.05, 4.69) is 133 Å². The third-order valence-corrected chi connectivity index (χ3v) is 5.45. The standard InChI is InChI=1S/2C15H11.CH3Cl.Zr/c2*1-2-6-12(7-3-1)15-10-13-8-4-5-9-14(13)11-15;1-2;/h2*1-11H;1H3;/q2*-1;;+2. The van der Waals surface area contributed by atoms with Crippen LogP contribution < -0.4 is 0 Å². The summed E-state index contributed by atoms with van der Waals surface area (Å²) in [6, 6.07) is 46.9. The Morgan fingerprint density at radius 3 is 1.15 bits per heavy atom. The monoisotopic (exact) mass is 522 g/mol. The first kappa shape index (κ1) is 24.9. The Hall–Kier alpha value is -2.73. The van der Waals surface area contributed by atoms with Crippen molar-refractivity contribution in [1.29, 1.82) is 0 Å². The largest absolute Gasteiger partial charge is 2.00 e. The number of rotatable bonds is 2. The summed E-state index contributed by atoms with van der Waals surface area (Å²) in [5.74, 6) is 0. The Bertz CT molecular complexity index is 1200. The molecule has 6 rings (SSSR count). The van der Waals surface area contributed by atoms with Crippen molar-refractivity contribution in [1.82, 2.24) is 0 Å². The third-order valence-electron chi connectivity index (χ3n) is 5.45. The van der Waals surface area contributed by atoms with E-state index in [0.717, 1.165) is 0 Å². The van der Waals surface area contributed by atoms with Crippen molar-refractivity contribution < 1.29 is 26.2 Å². The maximum absolute atomic E-state index is 4.64. The van der Waals surface area contributed by atoms with Crippen molar-refractivity contribution in [3.8, 4) is 22.3 Å². The van der Waals surface area contributed by atoms with Crippen LogP contribution >= 0.6 is 11.6 Å². The van der Waals surface area contributed by atoms with E-state index in [1.807, 2.05) is 12.1 Å². The van der Waals surface area contributed by atoms with Gasteiger partial charge in [-0.3, -0.25) is 0 Å². The molecule has 6 aromatic rings. The van der Waals surface area contributed by atoms with Crippen LogP contribution in [0.2, 0.25) is 0 Å². The Morgan fingerprint density at radius 2 is 0.788 bits per heavy atom. The van der Waals surface area contributed by atoms with Gasteiger partial charge in [0, 0.05) is 6.38 Å².